The van der Waals surface area contributed by atoms with Crippen LogP contribution in [-0.2, 0) is 0 Å². The van der Waals surface area contributed by atoms with Crippen molar-refractivity contribution in [2.45, 2.75) is 26.7 Å². The average Bonchev–Trinajstić information content (AvgIpc) is 2.87. The molecule has 0 saturated carbocycles. The molecule has 6 nitrogen and oxygen atoms in total. The fourth-order valence-electron chi connectivity index (χ4n) is 1.97. The topological polar surface area (TPSA) is 82.2 Å². The van der Waals surface area contributed by atoms with E-state index in [-0.39, 0.29) is 17.8 Å². The molecule has 0 radical (unpaired) electrons. The molecule has 2 amide bonds. The Morgan fingerprint density at radius 2 is 2.12 bits per heavy atom. The third-order valence-corrected chi connectivity index (χ3v) is 3.14. The monoisotopic (exact) mass is 242 g/mol. The van der Waals surface area contributed by atoms with E-state index >= 15 is 0 Å². The lowest BCUT2D eigenvalue weighted by Crippen LogP contribution is -2.45. The SMILES string of the molecule is CCN(CC(C)C(N)=NO)C(=O)N1CCCC1. The lowest BCUT2D eigenvalue weighted by molar-refractivity contribution is 0.161. The number of hydrogen-bond acceptors (Lipinski definition) is 3. The Hall–Kier alpha value is -1.46. The highest BCUT2D eigenvalue weighted by atomic mass is 16.4. The van der Waals surface area contributed by atoms with Crippen LogP contribution in [0.5, 0.6) is 0 Å². The molecule has 0 bridgehead atoms. The van der Waals surface area contributed by atoms with Gasteiger partial charge < -0.3 is 20.7 Å². The first-order valence-corrected chi connectivity index (χ1v) is 6.11. The van der Waals surface area contributed by atoms with E-state index in [0.717, 1.165) is 25.9 Å². The number of likely N-dealkylation sites (tertiary alicyclic amines) is 1. The first-order valence-electron chi connectivity index (χ1n) is 6.11. The maximum atomic E-state index is 12.1. The van der Waals surface area contributed by atoms with E-state index in [2.05, 4.69) is 5.16 Å². The summed E-state index contributed by atoms with van der Waals surface area (Å²) in [6.07, 6.45) is 2.16. The van der Waals surface area contributed by atoms with Crippen LogP contribution >= 0.6 is 0 Å². The van der Waals surface area contributed by atoms with Crippen LogP contribution in [-0.4, -0.2) is 53.1 Å². The van der Waals surface area contributed by atoms with E-state index in [1.54, 1.807) is 4.90 Å². The summed E-state index contributed by atoms with van der Waals surface area (Å²) < 4.78 is 0. The summed E-state index contributed by atoms with van der Waals surface area (Å²) in [7, 11) is 0. The van der Waals surface area contributed by atoms with E-state index in [9.17, 15) is 4.79 Å². The lowest BCUT2D eigenvalue weighted by atomic mass is 10.1. The molecule has 1 rings (SSSR count). The molecule has 6 heteroatoms. The van der Waals surface area contributed by atoms with Gasteiger partial charge in [0.1, 0.15) is 5.84 Å². The normalized spacial score (nSPS) is 18.2. The van der Waals surface area contributed by atoms with Gasteiger partial charge in [-0.3, -0.25) is 0 Å². The molecular weight excluding hydrogens is 220 g/mol. The van der Waals surface area contributed by atoms with Gasteiger partial charge in [-0.05, 0) is 19.8 Å². The molecule has 0 aromatic rings. The van der Waals surface area contributed by atoms with Gasteiger partial charge in [-0.1, -0.05) is 12.1 Å². The highest BCUT2D eigenvalue weighted by molar-refractivity contribution is 5.83. The Labute approximate surface area is 102 Å². The summed E-state index contributed by atoms with van der Waals surface area (Å²) in [6, 6.07) is 0.0580. The number of nitrogens with zero attached hydrogens (tertiary/aromatic N) is 3. The largest absolute Gasteiger partial charge is 0.409 e. The van der Waals surface area contributed by atoms with Crippen molar-refractivity contribution >= 4 is 11.9 Å². The summed E-state index contributed by atoms with van der Waals surface area (Å²) in [5.41, 5.74) is 5.52. The summed E-state index contributed by atoms with van der Waals surface area (Å²) in [5, 5.41) is 11.6. The number of urea groups is 1. The van der Waals surface area contributed by atoms with Crippen molar-refractivity contribution in [1.29, 1.82) is 0 Å². The van der Waals surface area contributed by atoms with E-state index in [0.29, 0.717) is 13.1 Å². The fourth-order valence-corrected chi connectivity index (χ4v) is 1.97. The number of amides is 2. The Bertz CT molecular complexity index is 287. The first kappa shape index (κ1) is 13.6. The van der Waals surface area contributed by atoms with Crippen molar-refractivity contribution < 1.29 is 10.0 Å². The quantitative estimate of drug-likeness (QED) is 0.333. The molecule has 0 aromatic heterocycles. The standard InChI is InChI=1S/C11H22N4O2/c1-3-14(8-9(2)10(12)13-17)11(16)15-6-4-5-7-15/h9,17H,3-8H2,1-2H3,(H2,12,13). The summed E-state index contributed by atoms with van der Waals surface area (Å²) in [4.78, 5) is 15.7. The number of carbonyl (C=O) groups excluding carboxylic acids is 1. The number of oxime groups is 1. The Morgan fingerprint density at radius 1 is 1.53 bits per heavy atom. The Kier molecular flexibility index (Phi) is 5.06. The number of hydrogen-bond donors (Lipinski definition) is 2. The highest BCUT2D eigenvalue weighted by Crippen LogP contribution is 2.12. The van der Waals surface area contributed by atoms with Gasteiger partial charge in [0.2, 0.25) is 0 Å². The van der Waals surface area contributed by atoms with Gasteiger partial charge in [0.05, 0.1) is 0 Å². The van der Waals surface area contributed by atoms with Gasteiger partial charge in [0.25, 0.3) is 0 Å². The molecule has 1 heterocycles. The smallest absolute Gasteiger partial charge is 0.320 e. The second-order valence-electron chi connectivity index (χ2n) is 4.44. The number of amidine groups is 1. The molecule has 1 fully saturated rings. The summed E-state index contributed by atoms with van der Waals surface area (Å²) in [6.45, 7) is 6.59. The minimum atomic E-state index is -0.133. The van der Waals surface area contributed by atoms with Crippen molar-refractivity contribution in [3.05, 3.63) is 0 Å². The summed E-state index contributed by atoms with van der Waals surface area (Å²) >= 11 is 0. The van der Waals surface area contributed by atoms with Crippen LogP contribution in [0.2, 0.25) is 0 Å². The van der Waals surface area contributed by atoms with E-state index in [1.165, 1.54) is 0 Å². The maximum absolute atomic E-state index is 12.1. The van der Waals surface area contributed by atoms with E-state index in [1.807, 2.05) is 18.7 Å². The van der Waals surface area contributed by atoms with Crippen molar-refractivity contribution in [2.24, 2.45) is 16.8 Å². The van der Waals surface area contributed by atoms with Crippen molar-refractivity contribution in [3.8, 4) is 0 Å². The van der Waals surface area contributed by atoms with Gasteiger partial charge in [0, 0.05) is 32.1 Å². The maximum Gasteiger partial charge on any atom is 0.320 e. The summed E-state index contributed by atoms with van der Waals surface area (Å²) in [5.74, 6) is 0.0316. The number of carbonyl (C=O) groups is 1. The van der Waals surface area contributed by atoms with Crippen LogP contribution < -0.4 is 5.73 Å². The molecule has 0 spiro atoms. The molecule has 17 heavy (non-hydrogen) atoms. The molecule has 1 atom stereocenters. The van der Waals surface area contributed by atoms with Crippen LogP contribution in [0.1, 0.15) is 26.7 Å². The number of rotatable bonds is 4. The zero-order chi connectivity index (χ0) is 12.8. The zero-order valence-electron chi connectivity index (χ0n) is 10.6. The fraction of sp³-hybridized carbons (Fsp3) is 0.818. The Balaban J connectivity index is 2.55. The molecular formula is C11H22N4O2. The lowest BCUT2D eigenvalue weighted by Gasteiger charge is -2.28. The van der Waals surface area contributed by atoms with E-state index < -0.39 is 0 Å². The molecule has 98 valence electrons. The van der Waals surface area contributed by atoms with Crippen LogP contribution in [0.3, 0.4) is 0 Å². The predicted molar refractivity (Wildman–Crippen MR) is 66.0 cm³/mol. The second kappa shape index (κ2) is 6.32. The van der Waals surface area contributed by atoms with Crippen LogP contribution in [0.15, 0.2) is 5.16 Å². The third kappa shape index (κ3) is 3.51. The Morgan fingerprint density at radius 3 is 2.59 bits per heavy atom. The van der Waals surface area contributed by atoms with Crippen LogP contribution in [0, 0.1) is 5.92 Å². The molecule has 0 aliphatic carbocycles. The molecule has 3 N–H and O–H groups in total. The van der Waals surface area contributed by atoms with Crippen molar-refractivity contribution in [1.82, 2.24) is 9.80 Å². The first-order chi connectivity index (χ1) is 8.10. The second-order valence-corrected chi connectivity index (χ2v) is 4.44. The number of nitrogens with two attached hydrogens (primary N) is 1. The van der Waals surface area contributed by atoms with Crippen LogP contribution in [0.4, 0.5) is 4.79 Å². The van der Waals surface area contributed by atoms with Crippen molar-refractivity contribution in [3.63, 3.8) is 0 Å². The minimum Gasteiger partial charge on any atom is -0.409 e. The minimum absolute atomic E-state index is 0.0580. The molecule has 1 unspecified atom stereocenters. The van der Waals surface area contributed by atoms with Crippen LogP contribution in [0.25, 0.3) is 0 Å². The molecule has 1 aliphatic rings. The predicted octanol–water partition coefficient (Wildman–Crippen LogP) is 0.907. The van der Waals surface area contributed by atoms with E-state index in [4.69, 9.17) is 10.9 Å². The van der Waals surface area contributed by atoms with Crippen molar-refractivity contribution in [2.75, 3.05) is 26.2 Å². The highest BCUT2D eigenvalue weighted by Gasteiger charge is 2.24. The zero-order valence-corrected chi connectivity index (χ0v) is 10.6. The third-order valence-electron chi connectivity index (χ3n) is 3.14. The van der Waals surface area contributed by atoms with Gasteiger partial charge in [0.15, 0.2) is 0 Å². The van der Waals surface area contributed by atoms with Gasteiger partial charge >= 0.3 is 6.03 Å². The van der Waals surface area contributed by atoms with Gasteiger partial charge in [-0.2, -0.15) is 0 Å². The average molecular weight is 242 g/mol. The van der Waals surface area contributed by atoms with Gasteiger partial charge in [-0.15, -0.1) is 0 Å². The molecule has 1 saturated heterocycles. The van der Waals surface area contributed by atoms with Gasteiger partial charge in [-0.25, -0.2) is 4.79 Å². The molecule has 1 aliphatic heterocycles. The molecule has 0 aromatic carbocycles.